The Morgan fingerprint density at radius 3 is 2.50 bits per heavy atom. The maximum absolute atomic E-state index is 12.3. The van der Waals surface area contributed by atoms with Crippen LogP contribution in [0, 0.1) is 13.8 Å². The second kappa shape index (κ2) is 6.89. The fraction of sp³-hybridized carbons (Fsp3) is 0.312. The number of hydrogen-bond donors (Lipinski definition) is 2. The van der Waals surface area contributed by atoms with Crippen LogP contribution < -0.4 is 5.32 Å². The number of carbonyl (C=O) groups is 2. The number of carbonyl (C=O) groups excluding carboxylic acids is 1. The molecular formula is C16H18N2O4. The highest BCUT2D eigenvalue weighted by Crippen LogP contribution is 2.20. The summed E-state index contributed by atoms with van der Waals surface area (Å²) < 4.78 is 5.30. The van der Waals surface area contributed by atoms with Crippen LogP contribution in [-0.4, -0.2) is 22.0 Å². The average Bonchev–Trinajstić information content (AvgIpc) is 2.83. The lowest BCUT2D eigenvalue weighted by molar-refractivity contribution is -0.137. The quantitative estimate of drug-likeness (QED) is 0.855. The molecule has 6 nitrogen and oxygen atoms in total. The molecule has 0 unspecified atom stereocenters. The van der Waals surface area contributed by atoms with Crippen LogP contribution in [0.15, 0.2) is 34.7 Å². The third kappa shape index (κ3) is 3.94. The Kier molecular flexibility index (Phi) is 4.93. The van der Waals surface area contributed by atoms with Gasteiger partial charge in [0.1, 0.15) is 0 Å². The van der Waals surface area contributed by atoms with Crippen LogP contribution in [0.4, 0.5) is 0 Å². The van der Waals surface area contributed by atoms with Gasteiger partial charge in [-0.25, -0.2) is 4.98 Å². The first-order valence-corrected chi connectivity index (χ1v) is 6.99. The molecule has 0 saturated carbocycles. The molecule has 2 aromatic rings. The Morgan fingerprint density at radius 2 is 1.95 bits per heavy atom. The van der Waals surface area contributed by atoms with Crippen LogP contribution in [0.5, 0.6) is 0 Å². The molecule has 1 amide bonds. The monoisotopic (exact) mass is 302 g/mol. The first kappa shape index (κ1) is 15.8. The minimum absolute atomic E-state index is 0.0335. The summed E-state index contributed by atoms with van der Waals surface area (Å²) in [5.41, 5.74) is 1.37. The zero-order valence-corrected chi connectivity index (χ0v) is 12.5. The number of aliphatic carboxylic acids is 1. The van der Waals surface area contributed by atoms with Crippen LogP contribution in [0.1, 0.15) is 46.6 Å². The normalized spacial score (nSPS) is 11.9. The third-order valence-electron chi connectivity index (χ3n) is 3.26. The van der Waals surface area contributed by atoms with E-state index in [4.69, 9.17) is 9.52 Å². The number of rotatable bonds is 6. The molecule has 0 radical (unpaired) electrons. The van der Waals surface area contributed by atoms with Crippen LogP contribution in [0.2, 0.25) is 0 Å². The van der Waals surface area contributed by atoms with Crippen molar-refractivity contribution in [2.75, 3.05) is 0 Å². The number of amides is 1. The van der Waals surface area contributed by atoms with Crippen molar-refractivity contribution in [2.24, 2.45) is 0 Å². The summed E-state index contributed by atoms with van der Waals surface area (Å²) in [6.07, 6.45) is 0.269. The first-order valence-electron chi connectivity index (χ1n) is 6.99. The van der Waals surface area contributed by atoms with Crippen molar-refractivity contribution in [3.63, 3.8) is 0 Å². The zero-order chi connectivity index (χ0) is 16.1. The molecule has 2 N–H and O–H groups in total. The summed E-state index contributed by atoms with van der Waals surface area (Å²) in [5.74, 6) is -0.711. The Labute approximate surface area is 128 Å². The van der Waals surface area contributed by atoms with Gasteiger partial charge in [0.2, 0.25) is 5.76 Å². The molecule has 0 saturated heterocycles. The molecule has 0 aliphatic rings. The van der Waals surface area contributed by atoms with E-state index in [9.17, 15) is 9.59 Å². The van der Waals surface area contributed by atoms with Crippen molar-refractivity contribution in [1.82, 2.24) is 10.3 Å². The summed E-state index contributed by atoms with van der Waals surface area (Å²) in [4.78, 5) is 27.2. The van der Waals surface area contributed by atoms with Gasteiger partial charge in [0.05, 0.1) is 11.7 Å². The lowest BCUT2D eigenvalue weighted by Gasteiger charge is -2.18. The number of aryl methyl sites for hydroxylation is 2. The molecule has 0 spiro atoms. The Hall–Kier alpha value is -2.63. The van der Waals surface area contributed by atoms with Gasteiger partial charge in [0, 0.05) is 13.3 Å². The molecule has 0 fully saturated rings. The van der Waals surface area contributed by atoms with Gasteiger partial charge in [-0.1, -0.05) is 30.3 Å². The molecule has 2 rings (SSSR count). The zero-order valence-electron chi connectivity index (χ0n) is 12.5. The van der Waals surface area contributed by atoms with Gasteiger partial charge >= 0.3 is 5.97 Å². The van der Waals surface area contributed by atoms with E-state index in [1.165, 1.54) is 0 Å². The molecule has 1 aromatic carbocycles. The van der Waals surface area contributed by atoms with E-state index in [1.54, 1.807) is 13.8 Å². The predicted molar refractivity (Wildman–Crippen MR) is 79.5 cm³/mol. The lowest BCUT2D eigenvalue weighted by Crippen LogP contribution is -2.29. The second-order valence-electron chi connectivity index (χ2n) is 5.02. The number of carboxylic acids is 1. The van der Waals surface area contributed by atoms with Crippen molar-refractivity contribution in [2.45, 2.75) is 32.7 Å². The van der Waals surface area contributed by atoms with Crippen LogP contribution in [0.3, 0.4) is 0 Å². The second-order valence-corrected chi connectivity index (χ2v) is 5.02. The topological polar surface area (TPSA) is 92.4 Å². The van der Waals surface area contributed by atoms with Gasteiger partial charge in [-0.15, -0.1) is 0 Å². The van der Waals surface area contributed by atoms with Crippen molar-refractivity contribution in [1.29, 1.82) is 0 Å². The Bertz CT molecular complexity index is 664. The van der Waals surface area contributed by atoms with Crippen LogP contribution in [0.25, 0.3) is 0 Å². The molecule has 0 aliphatic heterocycles. The van der Waals surface area contributed by atoms with E-state index in [-0.39, 0.29) is 12.2 Å². The standard InChI is InChI=1S/C16H18N2O4/c1-10-15(22-11(2)17-10)16(21)18-13(8-9-14(19)20)12-6-4-3-5-7-12/h3-7,13H,8-9H2,1-2H3,(H,18,21)(H,19,20)/t13-/m1/s1. The Balaban J connectivity index is 2.17. The van der Waals surface area contributed by atoms with Crippen molar-refractivity contribution in [3.8, 4) is 0 Å². The number of oxazole rings is 1. The molecule has 0 aliphatic carbocycles. The predicted octanol–water partition coefficient (Wildman–Crippen LogP) is 2.63. The van der Waals surface area contributed by atoms with Gasteiger partial charge < -0.3 is 14.8 Å². The van der Waals surface area contributed by atoms with Gasteiger partial charge in [0.15, 0.2) is 5.89 Å². The summed E-state index contributed by atoms with van der Waals surface area (Å²) in [6.45, 7) is 3.36. The minimum Gasteiger partial charge on any atom is -0.481 e. The molecule has 22 heavy (non-hydrogen) atoms. The number of benzene rings is 1. The summed E-state index contributed by atoms with van der Waals surface area (Å²) >= 11 is 0. The van der Waals surface area contributed by atoms with Crippen molar-refractivity contribution >= 4 is 11.9 Å². The van der Waals surface area contributed by atoms with Crippen LogP contribution >= 0.6 is 0 Å². The van der Waals surface area contributed by atoms with Gasteiger partial charge in [-0.05, 0) is 18.9 Å². The lowest BCUT2D eigenvalue weighted by atomic mass is 10.0. The fourth-order valence-corrected chi connectivity index (χ4v) is 2.24. The van der Waals surface area contributed by atoms with Crippen LogP contribution in [-0.2, 0) is 4.79 Å². The van der Waals surface area contributed by atoms with Gasteiger partial charge in [0.25, 0.3) is 5.91 Å². The first-order chi connectivity index (χ1) is 10.5. The van der Waals surface area contributed by atoms with E-state index in [1.807, 2.05) is 30.3 Å². The maximum Gasteiger partial charge on any atom is 0.303 e. The third-order valence-corrected chi connectivity index (χ3v) is 3.26. The van der Waals surface area contributed by atoms with E-state index >= 15 is 0 Å². The van der Waals surface area contributed by atoms with E-state index < -0.39 is 17.9 Å². The molecule has 116 valence electrons. The average molecular weight is 302 g/mol. The minimum atomic E-state index is -0.901. The molecule has 1 aromatic heterocycles. The summed E-state index contributed by atoms with van der Waals surface area (Å²) in [5, 5.41) is 11.7. The number of aromatic nitrogens is 1. The fourth-order valence-electron chi connectivity index (χ4n) is 2.24. The number of nitrogens with one attached hydrogen (secondary N) is 1. The molecular weight excluding hydrogens is 284 g/mol. The molecule has 6 heteroatoms. The summed E-state index contributed by atoms with van der Waals surface area (Å²) in [6, 6.07) is 8.87. The van der Waals surface area contributed by atoms with Crippen molar-refractivity contribution in [3.05, 3.63) is 53.2 Å². The molecule has 1 heterocycles. The highest BCUT2D eigenvalue weighted by molar-refractivity contribution is 5.92. The number of hydrogen-bond acceptors (Lipinski definition) is 4. The SMILES string of the molecule is Cc1nc(C)c(C(=O)N[C@H](CCC(=O)O)c2ccccc2)o1. The molecule has 1 atom stereocenters. The summed E-state index contributed by atoms with van der Waals surface area (Å²) in [7, 11) is 0. The van der Waals surface area contributed by atoms with E-state index in [0.717, 1.165) is 5.56 Å². The molecule has 0 bridgehead atoms. The largest absolute Gasteiger partial charge is 0.481 e. The highest BCUT2D eigenvalue weighted by Gasteiger charge is 2.21. The Morgan fingerprint density at radius 1 is 1.27 bits per heavy atom. The highest BCUT2D eigenvalue weighted by atomic mass is 16.4. The van der Waals surface area contributed by atoms with Gasteiger partial charge in [-0.3, -0.25) is 9.59 Å². The van der Waals surface area contributed by atoms with E-state index in [0.29, 0.717) is 18.0 Å². The van der Waals surface area contributed by atoms with Gasteiger partial charge in [-0.2, -0.15) is 0 Å². The smallest absolute Gasteiger partial charge is 0.303 e. The number of nitrogens with zero attached hydrogens (tertiary/aromatic N) is 1. The number of carboxylic acid groups (broad SMARTS) is 1. The van der Waals surface area contributed by atoms with Crippen molar-refractivity contribution < 1.29 is 19.1 Å². The maximum atomic E-state index is 12.3. The van der Waals surface area contributed by atoms with E-state index in [2.05, 4.69) is 10.3 Å².